The standard InChI is InChI=1S/C23H28BrN3O3S/c1-5-6-12-30-19-11-10-15(13-18(19)24)20(28)27-22(31)26-17-9-7-8-16(14-17)25-21(29)23(2,3)4/h7-11,13-14H,5-6,12H2,1-4H3,(H,25,29)(H2,26,27,28,31). The van der Waals surface area contributed by atoms with Gasteiger partial charge in [-0.3, -0.25) is 14.9 Å². The van der Waals surface area contributed by atoms with Gasteiger partial charge in [0.15, 0.2) is 5.11 Å². The SMILES string of the molecule is CCCCOc1ccc(C(=O)NC(=S)Nc2cccc(NC(=O)C(C)(C)C)c2)cc1Br. The molecule has 0 heterocycles. The van der Waals surface area contributed by atoms with E-state index in [1.165, 1.54) is 0 Å². The summed E-state index contributed by atoms with van der Waals surface area (Å²) >= 11 is 8.71. The van der Waals surface area contributed by atoms with Crippen LogP contribution in [-0.4, -0.2) is 23.5 Å². The zero-order chi connectivity index (χ0) is 23.0. The van der Waals surface area contributed by atoms with Crippen LogP contribution in [0.15, 0.2) is 46.9 Å². The molecular weight excluding hydrogens is 478 g/mol. The van der Waals surface area contributed by atoms with Crippen LogP contribution in [0.2, 0.25) is 0 Å². The number of carbonyl (C=O) groups is 2. The Morgan fingerprint density at radius 1 is 1.06 bits per heavy atom. The molecule has 6 nitrogen and oxygen atoms in total. The number of nitrogens with one attached hydrogen (secondary N) is 3. The van der Waals surface area contributed by atoms with E-state index in [-0.39, 0.29) is 16.9 Å². The number of hydrogen-bond acceptors (Lipinski definition) is 4. The number of anilines is 2. The Bertz CT molecular complexity index is 957. The highest BCUT2D eigenvalue weighted by Gasteiger charge is 2.21. The monoisotopic (exact) mass is 505 g/mol. The molecule has 2 rings (SSSR count). The number of halogens is 1. The van der Waals surface area contributed by atoms with Crippen molar-refractivity contribution in [3.8, 4) is 5.75 Å². The van der Waals surface area contributed by atoms with Crippen molar-refractivity contribution < 1.29 is 14.3 Å². The summed E-state index contributed by atoms with van der Waals surface area (Å²) in [6.45, 7) is 8.26. The van der Waals surface area contributed by atoms with Gasteiger partial charge < -0.3 is 15.4 Å². The van der Waals surface area contributed by atoms with Gasteiger partial charge in [0, 0.05) is 22.4 Å². The van der Waals surface area contributed by atoms with Gasteiger partial charge in [-0.2, -0.15) is 0 Å². The summed E-state index contributed by atoms with van der Waals surface area (Å²) in [7, 11) is 0. The fraction of sp³-hybridized carbons (Fsp3) is 0.348. The van der Waals surface area contributed by atoms with Gasteiger partial charge in [-0.05, 0) is 71.0 Å². The van der Waals surface area contributed by atoms with Crippen LogP contribution in [0.4, 0.5) is 11.4 Å². The average molecular weight is 506 g/mol. The molecule has 0 spiro atoms. The minimum absolute atomic E-state index is 0.0896. The fourth-order valence-corrected chi connectivity index (χ4v) is 3.12. The van der Waals surface area contributed by atoms with Gasteiger partial charge in [0.1, 0.15) is 5.75 Å². The Morgan fingerprint density at radius 2 is 1.74 bits per heavy atom. The molecule has 3 N–H and O–H groups in total. The zero-order valence-electron chi connectivity index (χ0n) is 18.2. The number of carbonyl (C=O) groups excluding carboxylic acids is 2. The highest BCUT2D eigenvalue weighted by Crippen LogP contribution is 2.26. The van der Waals surface area contributed by atoms with Crippen molar-refractivity contribution >= 4 is 56.4 Å². The number of hydrogen-bond donors (Lipinski definition) is 3. The summed E-state index contributed by atoms with van der Waals surface area (Å²) in [5.74, 6) is 0.267. The number of benzene rings is 2. The predicted octanol–water partition coefficient (Wildman–Crippen LogP) is 5.74. The number of unbranched alkanes of at least 4 members (excludes halogenated alkanes) is 1. The van der Waals surface area contributed by atoms with Crippen molar-refractivity contribution in [2.24, 2.45) is 5.41 Å². The van der Waals surface area contributed by atoms with Gasteiger partial charge in [-0.1, -0.05) is 40.2 Å². The Hall–Kier alpha value is -2.45. The number of thiocarbonyl (C=S) groups is 1. The first-order valence-electron chi connectivity index (χ1n) is 10.1. The van der Waals surface area contributed by atoms with Crippen LogP contribution in [0.3, 0.4) is 0 Å². The minimum atomic E-state index is -0.502. The van der Waals surface area contributed by atoms with Gasteiger partial charge in [-0.25, -0.2) is 0 Å². The lowest BCUT2D eigenvalue weighted by Gasteiger charge is -2.18. The van der Waals surface area contributed by atoms with Gasteiger partial charge in [0.2, 0.25) is 5.91 Å². The zero-order valence-corrected chi connectivity index (χ0v) is 20.6. The van der Waals surface area contributed by atoms with Crippen LogP contribution in [0.1, 0.15) is 50.9 Å². The van der Waals surface area contributed by atoms with Crippen molar-refractivity contribution in [2.75, 3.05) is 17.2 Å². The molecule has 0 aliphatic carbocycles. The molecule has 0 aliphatic rings. The number of rotatable bonds is 7. The van der Waals surface area contributed by atoms with Crippen LogP contribution in [-0.2, 0) is 4.79 Å². The lowest BCUT2D eigenvalue weighted by atomic mass is 9.95. The molecule has 0 saturated heterocycles. The molecule has 0 bridgehead atoms. The maximum absolute atomic E-state index is 12.5. The van der Waals surface area contributed by atoms with Crippen LogP contribution in [0, 0.1) is 5.41 Å². The van der Waals surface area contributed by atoms with Gasteiger partial charge in [0.25, 0.3) is 5.91 Å². The largest absolute Gasteiger partial charge is 0.492 e. The first-order chi connectivity index (χ1) is 14.6. The molecular formula is C23H28BrN3O3S. The topological polar surface area (TPSA) is 79.5 Å². The second-order valence-electron chi connectivity index (χ2n) is 8.04. The predicted molar refractivity (Wildman–Crippen MR) is 133 cm³/mol. The fourth-order valence-electron chi connectivity index (χ4n) is 2.42. The maximum Gasteiger partial charge on any atom is 0.257 e. The van der Waals surface area contributed by atoms with E-state index in [0.717, 1.165) is 12.8 Å². The van der Waals surface area contributed by atoms with E-state index in [0.29, 0.717) is 33.8 Å². The van der Waals surface area contributed by atoms with Gasteiger partial charge in [-0.15, -0.1) is 0 Å². The Balaban J connectivity index is 1.96. The molecule has 0 fully saturated rings. The molecule has 0 aromatic heterocycles. The summed E-state index contributed by atoms with van der Waals surface area (Å²) in [6, 6.07) is 12.3. The van der Waals surface area contributed by atoms with Crippen LogP contribution in [0.5, 0.6) is 5.75 Å². The highest BCUT2D eigenvalue weighted by atomic mass is 79.9. The van der Waals surface area contributed by atoms with Gasteiger partial charge in [0.05, 0.1) is 11.1 Å². The normalized spacial score (nSPS) is 10.9. The smallest absolute Gasteiger partial charge is 0.257 e. The molecule has 0 radical (unpaired) electrons. The second kappa shape index (κ2) is 11.2. The number of amides is 2. The molecule has 0 aliphatic heterocycles. The lowest BCUT2D eigenvalue weighted by molar-refractivity contribution is -0.123. The van der Waals surface area contributed by atoms with Crippen molar-refractivity contribution in [2.45, 2.75) is 40.5 Å². The summed E-state index contributed by atoms with van der Waals surface area (Å²) in [6.07, 6.45) is 2.02. The summed E-state index contributed by atoms with van der Waals surface area (Å²) in [4.78, 5) is 24.7. The molecule has 2 aromatic rings. The van der Waals surface area contributed by atoms with E-state index in [1.54, 1.807) is 42.5 Å². The molecule has 8 heteroatoms. The summed E-state index contributed by atoms with van der Waals surface area (Å²) in [5.41, 5.74) is 1.24. The molecule has 2 aromatic carbocycles. The first kappa shape index (κ1) is 24.8. The molecule has 166 valence electrons. The Kier molecular flexibility index (Phi) is 9.00. The van der Waals surface area contributed by atoms with E-state index in [4.69, 9.17) is 17.0 Å². The minimum Gasteiger partial charge on any atom is -0.492 e. The van der Waals surface area contributed by atoms with Crippen molar-refractivity contribution in [3.05, 3.63) is 52.5 Å². The van der Waals surface area contributed by atoms with E-state index in [2.05, 4.69) is 38.8 Å². The Labute approximate surface area is 197 Å². The third-order valence-electron chi connectivity index (χ3n) is 4.24. The Morgan fingerprint density at radius 3 is 2.35 bits per heavy atom. The molecule has 31 heavy (non-hydrogen) atoms. The van der Waals surface area contributed by atoms with Crippen LogP contribution >= 0.6 is 28.1 Å². The van der Waals surface area contributed by atoms with E-state index in [9.17, 15) is 9.59 Å². The third-order valence-corrected chi connectivity index (χ3v) is 5.06. The molecule has 0 unspecified atom stereocenters. The molecule has 0 saturated carbocycles. The first-order valence-corrected chi connectivity index (χ1v) is 11.3. The average Bonchev–Trinajstić information content (AvgIpc) is 2.68. The molecule has 0 atom stereocenters. The van der Waals surface area contributed by atoms with Crippen molar-refractivity contribution in [1.29, 1.82) is 0 Å². The summed E-state index contributed by atoms with van der Waals surface area (Å²) < 4.78 is 6.39. The maximum atomic E-state index is 12.5. The van der Waals surface area contributed by atoms with E-state index >= 15 is 0 Å². The second-order valence-corrected chi connectivity index (χ2v) is 9.30. The molecule has 2 amide bonds. The quantitative estimate of drug-likeness (QED) is 0.330. The van der Waals surface area contributed by atoms with E-state index in [1.807, 2.05) is 20.8 Å². The van der Waals surface area contributed by atoms with Crippen LogP contribution < -0.4 is 20.7 Å². The van der Waals surface area contributed by atoms with Crippen molar-refractivity contribution in [3.63, 3.8) is 0 Å². The summed E-state index contributed by atoms with van der Waals surface area (Å²) in [5, 5.41) is 8.65. The van der Waals surface area contributed by atoms with Gasteiger partial charge >= 0.3 is 0 Å². The number of ether oxygens (including phenoxy) is 1. The van der Waals surface area contributed by atoms with Crippen molar-refractivity contribution in [1.82, 2.24) is 5.32 Å². The highest BCUT2D eigenvalue weighted by molar-refractivity contribution is 9.10. The van der Waals surface area contributed by atoms with Crippen LogP contribution in [0.25, 0.3) is 0 Å². The lowest BCUT2D eigenvalue weighted by Crippen LogP contribution is -2.34. The third kappa shape index (κ3) is 7.95. The van der Waals surface area contributed by atoms with E-state index < -0.39 is 5.41 Å².